The van der Waals surface area contributed by atoms with Crippen molar-refractivity contribution in [3.05, 3.63) is 51.5 Å². The Kier molecular flexibility index (Phi) is 3.60. The van der Waals surface area contributed by atoms with Gasteiger partial charge in [-0.1, -0.05) is 34.1 Å². The topological polar surface area (TPSA) is 52.5 Å². The van der Waals surface area contributed by atoms with Crippen molar-refractivity contribution in [3.8, 4) is 6.07 Å². The molecule has 3 nitrogen and oxygen atoms in total. The molecule has 2 rings (SSSR count). The van der Waals surface area contributed by atoms with Gasteiger partial charge in [0.2, 0.25) is 0 Å². The summed E-state index contributed by atoms with van der Waals surface area (Å²) in [5.74, 6) is 0.795. The molecule has 0 unspecified atom stereocenters. The average Bonchev–Trinajstić information content (AvgIpc) is 2.69. The Bertz CT molecular complexity index is 566. The predicted molar refractivity (Wildman–Crippen MR) is 69.6 cm³/mol. The number of halogens is 1. The highest BCUT2D eigenvalue weighted by Crippen LogP contribution is 2.18. The number of benzene rings is 1. The molecule has 1 heterocycles. The molecule has 17 heavy (non-hydrogen) atoms. The molecule has 2 aromatic rings. The highest BCUT2D eigenvalue weighted by molar-refractivity contribution is 9.10. The van der Waals surface area contributed by atoms with Crippen LogP contribution in [0.5, 0.6) is 0 Å². The highest BCUT2D eigenvalue weighted by atomic mass is 79.9. The first kappa shape index (κ1) is 11.9. The molecule has 0 aliphatic heterocycles. The Morgan fingerprint density at radius 2 is 2.12 bits per heavy atom. The van der Waals surface area contributed by atoms with E-state index >= 15 is 0 Å². The van der Waals surface area contributed by atoms with E-state index in [2.05, 4.69) is 38.0 Å². The van der Waals surface area contributed by atoms with Crippen LogP contribution < -0.4 is 0 Å². The maximum Gasteiger partial charge on any atom is 0.161 e. The lowest BCUT2D eigenvalue weighted by Gasteiger charge is -2.02. The molecule has 0 aliphatic carbocycles. The molecular weight excluding hydrogens is 278 g/mol. The fourth-order valence-electron chi connectivity index (χ4n) is 1.77. The molecule has 4 heteroatoms. The quantitative estimate of drug-likeness (QED) is 0.944. The molecule has 0 fully saturated rings. The van der Waals surface area contributed by atoms with Crippen molar-refractivity contribution in [3.63, 3.8) is 0 Å². The Balaban J connectivity index is 2.13. The highest BCUT2D eigenvalue weighted by Gasteiger charge is 2.08. The molecule has 0 aliphatic rings. The fraction of sp³-hybridized carbons (Fsp3) is 0.231. The summed E-state index contributed by atoms with van der Waals surface area (Å²) in [5, 5.41) is 8.94. The smallest absolute Gasteiger partial charge is 0.161 e. The number of aromatic nitrogens is 2. The summed E-state index contributed by atoms with van der Waals surface area (Å²) in [6.07, 6.45) is 1.68. The number of nitrogens with one attached hydrogen (secondary N) is 1. The van der Waals surface area contributed by atoms with Gasteiger partial charge in [-0.15, -0.1) is 0 Å². The lowest BCUT2D eigenvalue weighted by atomic mass is 10.1. The zero-order valence-corrected chi connectivity index (χ0v) is 11.1. The van der Waals surface area contributed by atoms with Gasteiger partial charge in [-0.2, -0.15) is 5.26 Å². The second-order valence-electron chi connectivity index (χ2n) is 3.85. The lowest BCUT2D eigenvalue weighted by molar-refractivity contribution is 0.912. The molecular formula is C13H12BrN3. The van der Waals surface area contributed by atoms with Gasteiger partial charge < -0.3 is 4.98 Å². The minimum atomic E-state index is 0.509. The Hall–Kier alpha value is -1.60. The van der Waals surface area contributed by atoms with Crippen molar-refractivity contribution in [2.24, 2.45) is 0 Å². The van der Waals surface area contributed by atoms with Crippen molar-refractivity contribution in [1.29, 1.82) is 5.26 Å². The van der Waals surface area contributed by atoms with Crippen LogP contribution in [0.4, 0.5) is 0 Å². The van der Waals surface area contributed by atoms with Crippen LogP contribution in [0.25, 0.3) is 0 Å². The van der Waals surface area contributed by atoms with Crippen molar-refractivity contribution in [2.75, 3.05) is 0 Å². The van der Waals surface area contributed by atoms with Gasteiger partial charge in [0, 0.05) is 4.47 Å². The Morgan fingerprint density at radius 3 is 2.82 bits per heavy atom. The summed E-state index contributed by atoms with van der Waals surface area (Å²) in [6.45, 7) is 1.86. The van der Waals surface area contributed by atoms with E-state index < -0.39 is 0 Å². The van der Waals surface area contributed by atoms with Crippen LogP contribution in [0.15, 0.2) is 28.7 Å². The number of imidazole rings is 1. The molecule has 0 bridgehead atoms. The zero-order chi connectivity index (χ0) is 12.3. The average molecular weight is 290 g/mol. The van der Waals surface area contributed by atoms with Crippen LogP contribution in [0.2, 0.25) is 0 Å². The van der Waals surface area contributed by atoms with E-state index in [1.807, 2.05) is 25.1 Å². The van der Waals surface area contributed by atoms with E-state index in [0.29, 0.717) is 5.69 Å². The number of H-pyrrole nitrogens is 1. The molecule has 0 spiro atoms. The summed E-state index contributed by atoms with van der Waals surface area (Å²) in [6, 6.07) is 10.2. The minimum Gasteiger partial charge on any atom is -0.345 e. The summed E-state index contributed by atoms with van der Waals surface area (Å²) in [5.41, 5.74) is 2.67. The van der Waals surface area contributed by atoms with Crippen molar-refractivity contribution >= 4 is 15.9 Å². The number of hydrogen-bond acceptors (Lipinski definition) is 2. The molecule has 86 valence electrons. The third kappa shape index (κ3) is 2.75. The first-order valence-electron chi connectivity index (χ1n) is 5.39. The molecule has 1 aromatic heterocycles. The van der Waals surface area contributed by atoms with Crippen LogP contribution in [-0.4, -0.2) is 9.97 Å². The van der Waals surface area contributed by atoms with E-state index in [-0.39, 0.29) is 0 Å². The summed E-state index contributed by atoms with van der Waals surface area (Å²) in [4.78, 5) is 7.27. The number of rotatable bonds is 3. The van der Waals surface area contributed by atoms with Crippen LogP contribution in [0.3, 0.4) is 0 Å². The molecule has 1 N–H and O–H groups in total. The maximum absolute atomic E-state index is 8.94. The molecule has 0 radical (unpaired) electrons. The number of nitriles is 1. The van der Waals surface area contributed by atoms with Crippen LogP contribution in [0, 0.1) is 18.3 Å². The van der Waals surface area contributed by atoms with Gasteiger partial charge in [-0.05, 0) is 31.4 Å². The largest absolute Gasteiger partial charge is 0.345 e. The summed E-state index contributed by atoms with van der Waals surface area (Å²) >= 11 is 3.52. The number of hydrogen-bond donors (Lipinski definition) is 1. The van der Waals surface area contributed by atoms with Gasteiger partial charge in [0.15, 0.2) is 5.69 Å². The molecule has 0 amide bonds. The molecule has 0 saturated heterocycles. The molecule has 0 atom stereocenters. The first-order valence-corrected chi connectivity index (χ1v) is 6.19. The normalized spacial score (nSPS) is 10.2. The van der Waals surface area contributed by atoms with E-state index in [0.717, 1.165) is 28.8 Å². The first-order chi connectivity index (χ1) is 8.20. The van der Waals surface area contributed by atoms with Crippen LogP contribution >= 0.6 is 15.9 Å². The van der Waals surface area contributed by atoms with Gasteiger partial charge in [0.05, 0.1) is 5.69 Å². The van der Waals surface area contributed by atoms with E-state index in [4.69, 9.17) is 5.26 Å². The van der Waals surface area contributed by atoms with Gasteiger partial charge in [0.25, 0.3) is 0 Å². The predicted octanol–water partition coefficient (Wildman–Crippen LogP) is 3.14. The molecule has 1 aromatic carbocycles. The van der Waals surface area contributed by atoms with Gasteiger partial charge in [0.1, 0.15) is 11.9 Å². The van der Waals surface area contributed by atoms with Gasteiger partial charge in [-0.3, -0.25) is 0 Å². The summed E-state index contributed by atoms with van der Waals surface area (Å²) < 4.78 is 1.11. The van der Waals surface area contributed by atoms with E-state index in [1.165, 1.54) is 5.56 Å². The number of aryl methyl sites for hydroxylation is 3. The maximum atomic E-state index is 8.94. The Morgan fingerprint density at radius 1 is 1.35 bits per heavy atom. The number of nitrogens with zero attached hydrogens (tertiary/aromatic N) is 2. The second-order valence-corrected chi connectivity index (χ2v) is 4.71. The third-order valence-electron chi connectivity index (χ3n) is 2.61. The van der Waals surface area contributed by atoms with Crippen LogP contribution in [0.1, 0.15) is 22.8 Å². The van der Waals surface area contributed by atoms with Crippen molar-refractivity contribution in [2.45, 2.75) is 19.8 Å². The summed E-state index contributed by atoms with van der Waals surface area (Å²) in [7, 11) is 0. The van der Waals surface area contributed by atoms with Gasteiger partial charge in [-0.25, -0.2) is 4.98 Å². The van der Waals surface area contributed by atoms with Crippen molar-refractivity contribution in [1.82, 2.24) is 9.97 Å². The molecule has 0 saturated carbocycles. The van der Waals surface area contributed by atoms with Gasteiger partial charge >= 0.3 is 0 Å². The fourth-order valence-corrected chi connectivity index (χ4v) is 2.26. The van der Waals surface area contributed by atoms with Crippen molar-refractivity contribution < 1.29 is 0 Å². The van der Waals surface area contributed by atoms with E-state index in [1.54, 1.807) is 0 Å². The second kappa shape index (κ2) is 5.15. The third-order valence-corrected chi connectivity index (χ3v) is 3.38. The zero-order valence-electron chi connectivity index (χ0n) is 9.50. The number of aromatic amines is 1. The lowest BCUT2D eigenvalue weighted by Crippen LogP contribution is -1.95. The van der Waals surface area contributed by atoms with Crippen LogP contribution in [-0.2, 0) is 12.8 Å². The Labute approximate surface area is 109 Å². The van der Waals surface area contributed by atoms with E-state index in [9.17, 15) is 0 Å². The minimum absolute atomic E-state index is 0.509. The SMILES string of the molecule is Cc1nc(C#N)c(CCc2ccccc2Br)[nH]1. The standard InChI is InChI=1S/C13H12BrN3/c1-9-16-12(13(8-15)17-9)7-6-10-4-2-3-5-11(10)14/h2-5H,6-7H2,1H3,(H,16,17). The monoisotopic (exact) mass is 289 g/mol.